The monoisotopic (exact) mass is 295 g/mol. The molecule has 0 saturated heterocycles. The fourth-order valence-corrected chi connectivity index (χ4v) is 2.99. The lowest BCUT2D eigenvalue weighted by Crippen LogP contribution is -2.40. The number of ketones is 2. The van der Waals surface area contributed by atoms with E-state index in [1.165, 1.54) is 6.92 Å². The van der Waals surface area contributed by atoms with Gasteiger partial charge in [-0.05, 0) is 30.7 Å². The second kappa shape index (κ2) is 5.30. The third kappa shape index (κ3) is 2.17. The standard InChI is InChI=1S/C18H17NO3/c1-12(20)11-18(13-6-4-3-5-7-13)17(21)15-10-14(22-2)8-9-16(15)19-18/h3-10,19H,11H2,1-2H3/t18-/m0/s1. The maximum Gasteiger partial charge on any atom is 0.195 e. The first-order valence-electron chi connectivity index (χ1n) is 7.13. The molecule has 112 valence electrons. The molecule has 22 heavy (non-hydrogen) atoms. The molecule has 0 spiro atoms. The molecule has 2 aromatic carbocycles. The largest absolute Gasteiger partial charge is 0.497 e. The van der Waals surface area contributed by atoms with Gasteiger partial charge in [0.25, 0.3) is 0 Å². The summed E-state index contributed by atoms with van der Waals surface area (Å²) < 4.78 is 5.20. The van der Waals surface area contributed by atoms with Gasteiger partial charge in [-0.2, -0.15) is 0 Å². The Hall–Kier alpha value is -2.62. The highest BCUT2D eigenvalue weighted by molar-refractivity contribution is 6.15. The lowest BCUT2D eigenvalue weighted by atomic mass is 9.82. The van der Waals surface area contributed by atoms with Crippen molar-refractivity contribution in [2.45, 2.75) is 18.9 Å². The van der Waals surface area contributed by atoms with Crippen LogP contribution in [0.1, 0.15) is 29.3 Å². The molecule has 0 saturated carbocycles. The summed E-state index contributed by atoms with van der Waals surface area (Å²) in [4.78, 5) is 24.8. The second-order valence-corrected chi connectivity index (χ2v) is 5.52. The first-order valence-corrected chi connectivity index (χ1v) is 7.13. The molecule has 1 aliphatic rings. The molecule has 1 N–H and O–H groups in total. The quantitative estimate of drug-likeness (QED) is 0.941. The fraction of sp³-hybridized carbons (Fsp3) is 0.222. The normalized spacial score (nSPS) is 19.5. The van der Waals surface area contributed by atoms with Crippen LogP contribution >= 0.6 is 0 Å². The van der Waals surface area contributed by atoms with Crippen molar-refractivity contribution in [3.05, 3.63) is 59.7 Å². The van der Waals surface area contributed by atoms with Gasteiger partial charge in [0.05, 0.1) is 7.11 Å². The average molecular weight is 295 g/mol. The van der Waals surface area contributed by atoms with Crippen LogP contribution in [0.2, 0.25) is 0 Å². The van der Waals surface area contributed by atoms with Crippen LogP contribution in [0.3, 0.4) is 0 Å². The van der Waals surface area contributed by atoms with E-state index >= 15 is 0 Å². The number of benzene rings is 2. The zero-order chi connectivity index (χ0) is 15.7. The minimum Gasteiger partial charge on any atom is -0.497 e. The Bertz CT molecular complexity index is 739. The van der Waals surface area contributed by atoms with E-state index in [0.717, 1.165) is 11.3 Å². The Kier molecular flexibility index (Phi) is 3.45. The number of hydrogen-bond acceptors (Lipinski definition) is 4. The van der Waals surface area contributed by atoms with Gasteiger partial charge in [-0.25, -0.2) is 0 Å². The van der Waals surface area contributed by atoms with Gasteiger partial charge in [0.1, 0.15) is 17.1 Å². The molecule has 2 aromatic rings. The van der Waals surface area contributed by atoms with Crippen molar-refractivity contribution in [3.63, 3.8) is 0 Å². The van der Waals surface area contributed by atoms with Crippen LogP contribution < -0.4 is 10.1 Å². The number of rotatable bonds is 4. The van der Waals surface area contributed by atoms with E-state index in [4.69, 9.17) is 4.74 Å². The van der Waals surface area contributed by atoms with Crippen LogP contribution in [0, 0.1) is 0 Å². The van der Waals surface area contributed by atoms with Gasteiger partial charge in [0.2, 0.25) is 0 Å². The first kappa shape index (κ1) is 14.3. The molecule has 0 amide bonds. The fourth-order valence-electron chi connectivity index (χ4n) is 2.99. The number of anilines is 1. The van der Waals surface area contributed by atoms with Crippen molar-refractivity contribution in [1.82, 2.24) is 0 Å². The van der Waals surface area contributed by atoms with Gasteiger partial charge >= 0.3 is 0 Å². The summed E-state index contributed by atoms with van der Waals surface area (Å²) in [6.45, 7) is 1.50. The number of carbonyl (C=O) groups is 2. The van der Waals surface area contributed by atoms with Crippen LogP contribution in [0.25, 0.3) is 0 Å². The van der Waals surface area contributed by atoms with Gasteiger partial charge in [-0.3, -0.25) is 9.59 Å². The molecule has 4 heteroatoms. The van der Waals surface area contributed by atoms with E-state index in [-0.39, 0.29) is 18.0 Å². The molecule has 1 atom stereocenters. The summed E-state index contributed by atoms with van der Waals surface area (Å²) in [5.74, 6) is 0.493. The molecule has 3 rings (SSSR count). The van der Waals surface area contributed by atoms with E-state index in [9.17, 15) is 9.59 Å². The summed E-state index contributed by atoms with van der Waals surface area (Å²) in [5, 5.41) is 3.27. The zero-order valence-corrected chi connectivity index (χ0v) is 12.6. The number of fused-ring (bicyclic) bond motifs is 1. The minimum atomic E-state index is -1.03. The van der Waals surface area contributed by atoms with Crippen molar-refractivity contribution in [2.24, 2.45) is 0 Å². The Balaban J connectivity index is 2.13. The van der Waals surface area contributed by atoms with Gasteiger partial charge in [-0.15, -0.1) is 0 Å². The van der Waals surface area contributed by atoms with E-state index in [1.807, 2.05) is 36.4 Å². The Morgan fingerprint density at radius 3 is 2.55 bits per heavy atom. The lowest BCUT2D eigenvalue weighted by molar-refractivity contribution is -0.117. The van der Waals surface area contributed by atoms with E-state index < -0.39 is 5.54 Å². The minimum absolute atomic E-state index is 0.0375. The van der Waals surface area contributed by atoms with Crippen LogP contribution in [-0.4, -0.2) is 18.7 Å². The number of hydrogen-bond donors (Lipinski definition) is 1. The molecule has 0 bridgehead atoms. The second-order valence-electron chi connectivity index (χ2n) is 5.52. The maximum atomic E-state index is 13.1. The van der Waals surface area contributed by atoms with Crippen molar-refractivity contribution >= 4 is 17.3 Å². The summed E-state index contributed by atoms with van der Waals surface area (Å²) >= 11 is 0. The van der Waals surface area contributed by atoms with E-state index in [2.05, 4.69) is 5.32 Å². The highest BCUT2D eigenvalue weighted by atomic mass is 16.5. The van der Waals surface area contributed by atoms with Crippen molar-refractivity contribution < 1.29 is 14.3 Å². The molecule has 4 nitrogen and oxygen atoms in total. The SMILES string of the molecule is COc1ccc2c(c1)C(=O)[C@](CC(C)=O)(c1ccccc1)N2. The summed E-state index contributed by atoms with van der Waals surface area (Å²) in [6, 6.07) is 14.7. The Morgan fingerprint density at radius 2 is 1.91 bits per heavy atom. The van der Waals surface area contributed by atoms with Crippen LogP contribution in [-0.2, 0) is 10.3 Å². The van der Waals surface area contributed by atoms with E-state index in [1.54, 1.807) is 19.2 Å². The molecule has 0 aliphatic carbocycles. The summed E-state index contributed by atoms with van der Waals surface area (Å²) in [5.41, 5.74) is 1.06. The third-order valence-corrected chi connectivity index (χ3v) is 3.99. The number of methoxy groups -OCH3 is 1. The highest BCUT2D eigenvalue weighted by Crippen LogP contribution is 2.42. The van der Waals surface area contributed by atoms with Crippen LogP contribution in [0.4, 0.5) is 5.69 Å². The average Bonchev–Trinajstić information content (AvgIpc) is 2.80. The lowest BCUT2D eigenvalue weighted by Gasteiger charge is -2.28. The van der Waals surface area contributed by atoms with E-state index in [0.29, 0.717) is 11.3 Å². The third-order valence-electron chi connectivity index (χ3n) is 3.99. The van der Waals surface area contributed by atoms with Crippen LogP contribution in [0.5, 0.6) is 5.75 Å². The molecule has 1 aliphatic heterocycles. The van der Waals surface area contributed by atoms with Crippen molar-refractivity contribution in [1.29, 1.82) is 0 Å². The zero-order valence-electron chi connectivity index (χ0n) is 12.6. The number of carbonyl (C=O) groups excluding carboxylic acids is 2. The number of ether oxygens (including phenoxy) is 1. The summed E-state index contributed by atoms with van der Waals surface area (Å²) in [7, 11) is 1.56. The summed E-state index contributed by atoms with van der Waals surface area (Å²) in [6.07, 6.45) is 0.118. The number of Topliss-reactive ketones (excluding diaryl/α,β-unsaturated/α-hetero) is 2. The van der Waals surface area contributed by atoms with Crippen molar-refractivity contribution in [3.8, 4) is 5.75 Å². The first-order chi connectivity index (χ1) is 10.6. The van der Waals surface area contributed by atoms with Crippen molar-refractivity contribution in [2.75, 3.05) is 12.4 Å². The molecule has 0 radical (unpaired) electrons. The van der Waals surface area contributed by atoms with Gasteiger partial charge in [0.15, 0.2) is 5.78 Å². The molecular formula is C18H17NO3. The Morgan fingerprint density at radius 1 is 1.18 bits per heavy atom. The predicted octanol–water partition coefficient (Wildman–Crippen LogP) is 3.18. The predicted molar refractivity (Wildman–Crippen MR) is 84.4 cm³/mol. The molecule has 0 fully saturated rings. The molecule has 0 unspecified atom stereocenters. The van der Waals surface area contributed by atoms with Crippen LogP contribution in [0.15, 0.2) is 48.5 Å². The molecule has 0 aromatic heterocycles. The molecule has 1 heterocycles. The maximum absolute atomic E-state index is 13.1. The van der Waals surface area contributed by atoms with Gasteiger partial charge < -0.3 is 10.1 Å². The Labute approximate surface area is 129 Å². The topological polar surface area (TPSA) is 55.4 Å². The smallest absolute Gasteiger partial charge is 0.195 e. The highest BCUT2D eigenvalue weighted by Gasteiger charge is 2.47. The molecular weight excluding hydrogens is 278 g/mol. The van der Waals surface area contributed by atoms with Gasteiger partial charge in [-0.1, -0.05) is 30.3 Å². The van der Waals surface area contributed by atoms with Gasteiger partial charge in [0, 0.05) is 17.7 Å². The number of nitrogens with one attached hydrogen (secondary N) is 1.